The fourth-order valence-corrected chi connectivity index (χ4v) is 1.86. The van der Waals surface area contributed by atoms with Crippen molar-refractivity contribution in [2.75, 3.05) is 17.6 Å². The smallest absolute Gasteiger partial charge is 0.120 e. The van der Waals surface area contributed by atoms with Gasteiger partial charge in [0.2, 0.25) is 0 Å². The predicted molar refractivity (Wildman–Crippen MR) is 70.5 cm³/mol. The number of anilines is 1. The van der Waals surface area contributed by atoms with E-state index in [-0.39, 0.29) is 6.61 Å². The number of aliphatic hydroxyl groups excluding tert-OH is 1. The highest BCUT2D eigenvalue weighted by Crippen LogP contribution is 2.22. The molecule has 0 aliphatic heterocycles. The van der Waals surface area contributed by atoms with Crippen LogP contribution < -0.4 is 9.46 Å². The Morgan fingerprint density at radius 1 is 1.35 bits per heavy atom. The second-order valence-corrected chi connectivity index (χ2v) is 5.53. The lowest BCUT2D eigenvalue weighted by atomic mass is 10.1. The zero-order valence-corrected chi connectivity index (χ0v) is 11.2. The first-order valence-corrected chi connectivity index (χ1v) is 6.99. The van der Waals surface area contributed by atoms with Crippen LogP contribution in [0.1, 0.15) is 20.3 Å². The number of hydrogen-bond acceptors (Lipinski definition) is 3. The molecule has 0 saturated heterocycles. The molecule has 0 aliphatic rings. The Labute approximate surface area is 105 Å². The van der Waals surface area contributed by atoms with Crippen LogP contribution in [0.2, 0.25) is 0 Å². The van der Waals surface area contributed by atoms with Crippen LogP contribution in [0.5, 0.6) is 5.75 Å². The number of hydrogen-bond donors (Lipinski definition) is 2. The summed E-state index contributed by atoms with van der Waals surface area (Å²) in [6.45, 7) is 3.95. The maximum absolute atomic E-state index is 11.0. The fourth-order valence-electron chi connectivity index (χ4n) is 1.40. The second kappa shape index (κ2) is 6.02. The van der Waals surface area contributed by atoms with Crippen molar-refractivity contribution in [3.8, 4) is 5.75 Å². The zero-order chi connectivity index (χ0) is 12.9. The van der Waals surface area contributed by atoms with Crippen molar-refractivity contribution in [2.24, 2.45) is 0 Å². The first-order chi connectivity index (χ1) is 7.93. The monoisotopic (exact) mass is 257 g/mol. The van der Waals surface area contributed by atoms with Crippen LogP contribution in [0.15, 0.2) is 24.3 Å². The quantitative estimate of drug-likeness (QED) is 0.818. The summed E-state index contributed by atoms with van der Waals surface area (Å²) in [4.78, 5) is 0. The Bertz CT molecular complexity index is 376. The molecule has 1 atom stereocenters. The van der Waals surface area contributed by atoms with Gasteiger partial charge in [-0.15, -0.1) is 0 Å². The summed E-state index contributed by atoms with van der Waals surface area (Å²) >= 11 is 0. The molecule has 0 aliphatic carbocycles. The average molecular weight is 257 g/mol. The summed E-state index contributed by atoms with van der Waals surface area (Å²) < 4.78 is 19.5. The Balaban J connectivity index is 2.65. The Kier molecular flexibility index (Phi) is 4.96. The van der Waals surface area contributed by atoms with E-state index in [1.165, 1.54) is 0 Å². The molecule has 1 unspecified atom stereocenters. The van der Waals surface area contributed by atoms with Crippen LogP contribution in [-0.2, 0) is 11.0 Å². The number of rotatable bonds is 6. The molecule has 0 radical (unpaired) electrons. The molecule has 4 nitrogen and oxygen atoms in total. The van der Waals surface area contributed by atoms with E-state index in [2.05, 4.69) is 4.72 Å². The minimum absolute atomic E-state index is 0.0987. The van der Waals surface area contributed by atoms with E-state index in [1.54, 1.807) is 6.26 Å². The lowest BCUT2D eigenvalue weighted by molar-refractivity contribution is 0.0765. The molecule has 96 valence electrons. The van der Waals surface area contributed by atoms with Crippen LogP contribution in [0.25, 0.3) is 0 Å². The van der Waals surface area contributed by atoms with Crippen molar-refractivity contribution in [1.29, 1.82) is 0 Å². The van der Waals surface area contributed by atoms with Crippen molar-refractivity contribution in [3.63, 3.8) is 0 Å². The highest BCUT2D eigenvalue weighted by atomic mass is 32.2. The minimum atomic E-state index is -1.07. The molecule has 1 rings (SSSR count). The van der Waals surface area contributed by atoms with Gasteiger partial charge in [0.15, 0.2) is 0 Å². The van der Waals surface area contributed by atoms with Gasteiger partial charge in [0.05, 0.1) is 0 Å². The van der Waals surface area contributed by atoms with Gasteiger partial charge in [-0.3, -0.25) is 0 Å². The highest BCUT2D eigenvalue weighted by Gasteiger charge is 2.18. The number of nitrogens with one attached hydrogen (secondary N) is 1. The summed E-state index contributed by atoms with van der Waals surface area (Å²) in [5.74, 6) is 0.732. The van der Waals surface area contributed by atoms with Crippen LogP contribution in [0.3, 0.4) is 0 Å². The molecular weight excluding hydrogens is 238 g/mol. The molecule has 2 N–H and O–H groups in total. The van der Waals surface area contributed by atoms with Gasteiger partial charge >= 0.3 is 0 Å². The SMILES string of the molecule is CS(=O)Nc1ccc(OC(C)(C)CCO)cc1. The summed E-state index contributed by atoms with van der Waals surface area (Å²) in [6, 6.07) is 7.25. The fraction of sp³-hybridized carbons (Fsp3) is 0.500. The molecule has 17 heavy (non-hydrogen) atoms. The highest BCUT2D eigenvalue weighted by molar-refractivity contribution is 7.85. The van der Waals surface area contributed by atoms with Gasteiger partial charge in [-0.05, 0) is 38.1 Å². The third-order valence-electron chi connectivity index (χ3n) is 2.22. The van der Waals surface area contributed by atoms with Gasteiger partial charge in [0.1, 0.15) is 22.3 Å². The molecule has 1 aromatic rings. The largest absolute Gasteiger partial charge is 0.488 e. The van der Waals surface area contributed by atoms with E-state index in [4.69, 9.17) is 9.84 Å². The summed E-state index contributed by atoms with van der Waals surface area (Å²) in [5.41, 5.74) is 0.398. The summed E-state index contributed by atoms with van der Waals surface area (Å²) in [6.07, 6.45) is 2.15. The zero-order valence-electron chi connectivity index (χ0n) is 10.4. The lowest BCUT2D eigenvalue weighted by Crippen LogP contribution is -2.29. The summed E-state index contributed by atoms with van der Waals surface area (Å²) in [7, 11) is -1.07. The van der Waals surface area contributed by atoms with Crippen molar-refractivity contribution in [2.45, 2.75) is 25.9 Å². The molecule has 0 fully saturated rings. The van der Waals surface area contributed by atoms with Crippen LogP contribution in [0, 0.1) is 0 Å². The van der Waals surface area contributed by atoms with E-state index in [0.29, 0.717) is 6.42 Å². The molecule has 5 heteroatoms. The van der Waals surface area contributed by atoms with Gasteiger partial charge < -0.3 is 14.6 Å². The molecular formula is C12H19NO3S. The normalized spacial score (nSPS) is 13.2. The van der Waals surface area contributed by atoms with Gasteiger partial charge in [0, 0.05) is 25.0 Å². The third kappa shape index (κ3) is 5.19. The topological polar surface area (TPSA) is 58.6 Å². The standard InChI is InChI=1S/C12H19NO3S/c1-12(2,8-9-14)16-11-6-4-10(5-7-11)13-17(3)15/h4-7,13-14H,8-9H2,1-3H3. The third-order valence-corrected chi connectivity index (χ3v) is 2.75. The van der Waals surface area contributed by atoms with E-state index in [0.717, 1.165) is 11.4 Å². The maximum Gasteiger partial charge on any atom is 0.120 e. The van der Waals surface area contributed by atoms with E-state index >= 15 is 0 Å². The van der Waals surface area contributed by atoms with E-state index in [9.17, 15) is 4.21 Å². The number of aliphatic hydroxyl groups is 1. The second-order valence-electron chi connectivity index (χ2n) is 4.42. The van der Waals surface area contributed by atoms with Crippen LogP contribution >= 0.6 is 0 Å². The molecule has 0 bridgehead atoms. The van der Waals surface area contributed by atoms with Crippen molar-refractivity contribution in [3.05, 3.63) is 24.3 Å². The van der Waals surface area contributed by atoms with Crippen molar-refractivity contribution >= 4 is 16.7 Å². The van der Waals surface area contributed by atoms with Gasteiger partial charge in [0.25, 0.3) is 0 Å². The Hall–Kier alpha value is -1.07. The molecule has 0 spiro atoms. The lowest BCUT2D eigenvalue weighted by Gasteiger charge is -2.25. The van der Waals surface area contributed by atoms with Crippen molar-refractivity contribution in [1.82, 2.24) is 0 Å². The molecule has 0 saturated carbocycles. The maximum atomic E-state index is 11.0. The first kappa shape index (κ1) is 14.0. The average Bonchev–Trinajstić information content (AvgIpc) is 2.19. The van der Waals surface area contributed by atoms with Gasteiger partial charge in [-0.2, -0.15) is 0 Å². The Morgan fingerprint density at radius 3 is 2.41 bits per heavy atom. The van der Waals surface area contributed by atoms with Gasteiger partial charge in [-0.1, -0.05) is 0 Å². The predicted octanol–water partition coefficient (Wildman–Crippen LogP) is 1.93. The van der Waals surface area contributed by atoms with E-state index < -0.39 is 16.6 Å². The molecule has 0 aromatic heterocycles. The molecule has 0 heterocycles. The Morgan fingerprint density at radius 2 is 1.94 bits per heavy atom. The van der Waals surface area contributed by atoms with Gasteiger partial charge in [-0.25, -0.2) is 4.21 Å². The number of benzene rings is 1. The van der Waals surface area contributed by atoms with Crippen LogP contribution in [0.4, 0.5) is 5.69 Å². The van der Waals surface area contributed by atoms with E-state index in [1.807, 2.05) is 38.1 Å². The molecule has 1 aromatic carbocycles. The number of ether oxygens (including phenoxy) is 1. The minimum Gasteiger partial charge on any atom is -0.488 e. The van der Waals surface area contributed by atoms with Crippen molar-refractivity contribution < 1.29 is 14.1 Å². The molecule has 0 amide bonds. The first-order valence-electron chi connectivity index (χ1n) is 5.43. The summed E-state index contributed by atoms with van der Waals surface area (Å²) in [5, 5.41) is 8.90. The van der Waals surface area contributed by atoms with Crippen LogP contribution in [-0.4, -0.2) is 27.8 Å².